The molecule has 4 heteroatoms. The molecule has 0 spiro atoms. The van der Waals surface area contributed by atoms with Crippen LogP contribution in [0.15, 0.2) is 12.1 Å². The van der Waals surface area contributed by atoms with Crippen molar-refractivity contribution in [3.8, 4) is 0 Å². The van der Waals surface area contributed by atoms with Gasteiger partial charge in [0.25, 0.3) is 0 Å². The van der Waals surface area contributed by atoms with Crippen LogP contribution in [-0.2, 0) is 17.6 Å². The SMILES string of the molecule is CC(C)(Nc1ccc2c(n1)CCC2)C(=O)O. The van der Waals surface area contributed by atoms with Crippen LogP contribution in [0.4, 0.5) is 5.82 Å². The third-order valence-electron chi connectivity index (χ3n) is 2.90. The second-order valence-corrected chi connectivity index (χ2v) is 4.71. The summed E-state index contributed by atoms with van der Waals surface area (Å²) in [5.41, 5.74) is 1.41. The number of nitrogens with one attached hydrogen (secondary N) is 1. The molecule has 0 aromatic carbocycles. The van der Waals surface area contributed by atoms with E-state index in [0.29, 0.717) is 5.82 Å². The molecule has 0 bridgehead atoms. The highest BCUT2D eigenvalue weighted by atomic mass is 16.4. The summed E-state index contributed by atoms with van der Waals surface area (Å²) in [7, 11) is 0. The lowest BCUT2D eigenvalue weighted by molar-refractivity contribution is -0.141. The van der Waals surface area contributed by atoms with Crippen LogP contribution in [0.5, 0.6) is 0 Å². The zero-order chi connectivity index (χ0) is 11.8. The van der Waals surface area contributed by atoms with Gasteiger partial charge in [-0.25, -0.2) is 9.78 Å². The molecule has 1 aromatic rings. The molecule has 86 valence electrons. The number of carboxylic acids is 1. The van der Waals surface area contributed by atoms with Gasteiger partial charge in [-0.05, 0) is 44.7 Å². The lowest BCUT2D eigenvalue weighted by Gasteiger charge is -2.21. The fourth-order valence-corrected chi connectivity index (χ4v) is 1.86. The van der Waals surface area contributed by atoms with Crippen molar-refractivity contribution < 1.29 is 9.90 Å². The van der Waals surface area contributed by atoms with Gasteiger partial charge in [-0.1, -0.05) is 6.07 Å². The molecule has 0 amide bonds. The highest BCUT2D eigenvalue weighted by molar-refractivity contribution is 5.81. The van der Waals surface area contributed by atoms with Crippen molar-refractivity contribution in [3.63, 3.8) is 0 Å². The highest BCUT2D eigenvalue weighted by Crippen LogP contribution is 2.23. The van der Waals surface area contributed by atoms with Crippen molar-refractivity contribution in [2.45, 2.75) is 38.6 Å². The Hall–Kier alpha value is -1.58. The number of pyridine rings is 1. The third-order valence-corrected chi connectivity index (χ3v) is 2.90. The van der Waals surface area contributed by atoms with Crippen LogP contribution in [0.3, 0.4) is 0 Å². The average Bonchev–Trinajstić information content (AvgIpc) is 2.63. The van der Waals surface area contributed by atoms with Gasteiger partial charge in [-0.2, -0.15) is 0 Å². The summed E-state index contributed by atoms with van der Waals surface area (Å²) in [6.45, 7) is 3.26. The number of nitrogens with zero attached hydrogens (tertiary/aromatic N) is 1. The van der Waals surface area contributed by atoms with Gasteiger partial charge in [0.1, 0.15) is 11.4 Å². The van der Waals surface area contributed by atoms with E-state index in [1.807, 2.05) is 12.1 Å². The molecule has 0 fully saturated rings. The smallest absolute Gasteiger partial charge is 0.328 e. The average molecular weight is 220 g/mol. The molecule has 1 aliphatic rings. The molecule has 0 aliphatic heterocycles. The van der Waals surface area contributed by atoms with E-state index in [9.17, 15) is 4.79 Å². The van der Waals surface area contributed by atoms with Crippen LogP contribution < -0.4 is 5.32 Å². The van der Waals surface area contributed by atoms with Crippen LogP contribution in [-0.4, -0.2) is 21.6 Å². The van der Waals surface area contributed by atoms with E-state index in [1.54, 1.807) is 13.8 Å². The maximum atomic E-state index is 11.0. The predicted octanol–water partition coefficient (Wildman–Crippen LogP) is 1.85. The van der Waals surface area contributed by atoms with Crippen molar-refractivity contribution in [2.24, 2.45) is 0 Å². The van der Waals surface area contributed by atoms with Crippen molar-refractivity contribution in [3.05, 3.63) is 23.4 Å². The van der Waals surface area contributed by atoms with Crippen LogP contribution in [0, 0.1) is 0 Å². The van der Waals surface area contributed by atoms with Crippen molar-refractivity contribution in [1.29, 1.82) is 0 Å². The van der Waals surface area contributed by atoms with Crippen LogP contribution in [0.1, 0.15) is 31.5 Å². The van der Waals surface area contributed by atoms with E-state index in [-0.39, 0.29) is 0 Å². The molecule has 2 N–H and O–H groups in total. The first-order valence-electron chi connectivity index (χ1n) is 5.49. The van der Waals surface area contributed by atoms with Gasteiger partial charge in [0.05, 0.1) is 0 Å². The minimum atomic E-state index is -0.986. The normalized spacial score (nSPS) is 14.6. The largest absolute Gasteiger partial charge is 0.480 e. The number of fused-ring (bicyclic) bond motifs is 1. The lowest BCUT2D eigenvalue weighted by atomic mass is 10.1. The van der Waals surface area contributed by atoms with E-state index < -0.39 is 11.5 Å². The van der Waals surface area contributed by atoms with Crippen molar-refractivity contribution >= 4 is 11.8 Å². The Morgan fingerprint density at radius 3 is 2.88 bits per heavy atom. The molecule has 1 aliphatic carbocycles. The molecule has 0 saturated carbocycles. The summed E-state index contributed by atoms with van der Waals surface area (Å²) in [6.07, 6.45) is 3.23. The number of hydrogen-bond donors (Lipinski definition) is 2. The van der Waals surface area contributed by atoms with Gasteiger partial charge in [-0.15, -0.1) is 0 Å². The number of carbonyl (C=O) groups is 1. The Balaban J connectivity index is 2.20. The topological polar surface area (TPSA) is 62.2 Å². The number of hydrogen-bond acceptors (Lipinski definition) is 3. The standard InChI is InChI=1S/C12H16N2O2/c1-12(2,11(15)16)14-10-7-6-8-4-3-5-9(8)13-10/h6-7H,3-5H2,1-2H3,(H,13,14)(H,15,16). The van der Waals surface area contributed by atoms with E-state index in [2.05, 4.69) is 10.3 Å². The Bertz CT molecular complexity index is 427. The first-order valence-corrected chi connectivity index (χ1v) is 5.49. The summed E-state index contributed by atoms with van der Waals surface area (Å²) in [5.74, 6) is -0.233. The molecule has 0 radical (unpaired) electrons. The zero-order valence-corrected chi connectivity index (χ0v) is 9.58. The summed E-state index contributed by atoms with van der Waals surface area (Å²) in [5, 5.41) is 11.9. The second kappa shape index (κ2) is 3.77. The summed E-state index contributed by atoms with van der Waals surface area (Å²) in [6, 6.07) is 3.89. The van der Waals surface area contributed by atoms with Gasteiger partial charge < -0.3 is 10.4 Å². The van der Waals surface area contributed by atoms with Crippen molar-refractivity contribution in [1.82, 2.24) is 4.98 Å². The summed E-state index contributed by atoms with van der Waals surface area (Å²) in [4.78, 5) is 15.4. The first-order chi connectivity index (χ1) is 7.49. The molecule has 0 saturated heterocycles. The molecule has 16 heavy (non-hydrogen) atoms. The Labute approximate surface area is 94.7 Å². The molecule has 4 nitrogen and oxygen atoms in total. The Morgan fingerprint density at radius 2 is 2.19 bits per heavy atom. The van der Waals surface area contributed by atoms with Gasteiger partial charge in [0, 0.05) is 5.69 Å². The third kappa shape index (κ3) is 2.01. The number of rotatable bonds is 3. The van der Waals surface area contributed by atoms with E-state index in [1.165, 1.54) is 5.56 Å². The number of carboxylic acid groups (broad SMARTS) is 1. The molecule has 0 unspecified atom stereocenters. The van der Waals surface area contributed by atoms with Crippen LogP contribution in [0.25, 0.3) is 0 Å². The van der Waals surface area contributed by atoms with E-state index in [4.69, 9.17) is 5.11 Å². The molecular weight excluding hydrogens is 204 g/mol. The number of aryl methyl sites for hydroxylation is 2. The minimum Gasteiger partial charge on any atom is -0.480 e. The molecule has 0 atom stereocenters. The number of aliphatic carboxylic acids is 1. The lowest BCUT2D eigenvalue weighted by Crippen LogP contribution is -2.40. The van der Waals surface area contributed by atoms with Crippen molar-refractivity contribution in [2.75, 3.05) is 5.32 Å². The predicted molar refractivity (Wildman–Crippen MR) is 61.6 cm³/mol. The zero-order valence-electron chi connectivity index (χ0n) is 9.58. The number of aromatic nitrogens is 1. The monoisotopic (exact) mass is 220 g/mol. The summed E-state index contributed by atoms with van der Waals surface area (Å²) >= 11 is 0. The fourth-order valence-electron chi connectivity index (χ4n) is 1.86. The van der Waals surface area contributed by atoms with Gasteiger partial charge >= 0.3 is 5.97 Å². The second-order valence-electron chi connectivity index (χ2n) is 4.71. The van der Waals surface area contributed by atoms with Gasteiger partial charge in [-0.3, -0.25) is 0 Å². The van der Waals surface area contributed by atoms with Gasteiger partial charge in [0.2, 0.25) is 0 Å². The number of anilines is 1. The van der Waals surface area contributed by atoms with Crippen LogP contribution in [0.2, 0.25) is 0 Å². The maximum absolute atomic E-state index is 11.0. The quantitative estimate of drug-likeness (QED) is 0.816. The minimum absolute atomic E-state index is 0.646. The fraction of sp³-hybridized carbons (Fsp3) is 0.500. The van der Waals surface area contributed by atoms with E-state index in [0.717, 1.165) is 25.0 Å². The molecule has 2 rings (SSSR count). The molecule has 1 heterocycles. The Kier molecular flexibility index (Phi) is 2.58. The summed E-state index contributed by atoms with van der Waals surface area (Å²) < 4.78 is 0. The van der Waals surface area contributed by atoms with Crippen LogP contribution >= 0.6 is 0 Å². The molecule has 1 aromatic heterocycles. The Morgan fingerprint density at radius 1 is 1.44 bits per heavy atom. The van der Waals surface area contributed by atoms with Gasteiger partial charge in [0.15, 0.2) is 0 Å². The van der Waals surface area contributed by atoms with E-state index >= 15 is 0 Å². The maximum Gasteiger partial charge on any atom is 0.328 e. The highest BCUT2D eigenvalue weighted by Gasteiger charge is 2.27. The first kappa shape index (κ1) is 10.9. The molecular formula is C12H16N2O2.